The molecule has 2 aliphatic rings. The summed E-state index contributed by atoms with van der Waals surface area (Å²) >= 11 is 10.1. The summed E-state index contributed by atoms with van der Waals surface area (Å²) in [7, 11) is 0. The Balaban J connectivity index is 1.14. The first-order valence-corrected chi connectivity index (χ1v) is 22.8. The molecule has 10 heteroatoms. The standard InChI is InChI=1S/C50H38Br2N4O2S2/c51-39-25-21-37(22-26-39)43-47(59-49(53-43)55(29-33-13-5-1-6-14-33)30-34-15-7-2-8-16-34)41-45(57)42(46(41)58)48-44(38-23-27-40(52)28-24-38)54-50(60-48)56(31-35-17-9-3-10-18-35)32-36-19-11-4-12-20-36/h1-28,49,57H,29-32H2/b47-41-. The largest absolute Gasteiger partial charge is 0.506 e. The quantitative estimate of drug-likeness (QED) is 0.116. The number of anilines is 1. The van der Waals surface area contributed by atoms with Crippen LogP contribution in [-0.4, -0.2) is 32.0 Å². The second kappa shape index (κ2) is 18.1. The third kappa shape index (κ3) is 8.75. The molecule has 0 radical (unpaired) electrons. The van der Waals surface area contributed by atoms with Gasteiger partial charge in [-0.2, -0.15) is 0 Å². The summed E-state index contributed by atoms with van der Waals surface area (Å²) in [4.78, 5) is 31.3. The molecule has 7 aromatic rings. The molecule has 9 rings (SSSR count). The fraction of sp³-hybridized carbons (Fsp3) is 0.100. The van der Waals surface area contributed by atoms with Gasteiger partial charge in [0.05, 0.1) is 32.3 Å². The number of hydrogen-bond donors (Lipinski definition) is 1. The zero-order chi connectivity index (χ0) is 41.0. The molecule has 6 aromatic carbocycles. The van der Waals surface area contributed by atoms with Gasteiger partial charge in [0.1, 0.15) is 5.76 Å². The fourth-order valence-corrected chi connectivity index (χ4v) is 10.3. The van der Waals surface area contributed by atoms with E-state index in [0.29, 0.717) is 52.9 Å². The number of hydrogen-bond acceptors (Lipinski definition) is 8. The average molecular weight is 951 g/mol. The summed E-state index contributed by atoms with van der Waals surface area (Å²) in [5, 5.41) is 13.0. The van der Waals surface area contributed by atoms with Crippen LogP contribution in [0, 0.1) is 0 Å². The Bertz CT molecular complexity index is 2640. The summed E-state index contributed by atoms with van der Waals surface area (Å²) in [6.07, 6.45) is 0. The lowest BCUT2D eigenvalue weighted by molar-refractivity contribution is -0.111. The van der Waals surface area contributed by atoms with Crippen molar-refractivity contribution >= 4 is 77.2 Å². The molecule has 2 heterocycles. The molecule has 296 valence electrons. The van der Waals surface area contributed by atoms with E-state index in [9.17, 15) is 9.90 Å². The Morgan fingerprint density at radius 3 is 1.48 bits per heavy atom. The van der Waals surface area contributed by atoms with Gasteiger partial charge in [0.25, 0.3) is 0 Å². The number of aliphatic hydroxyl groups excluding tert-OH is 1. The van der Waals surface area contributed by atoms with Gasteiger partial charge in [-0.3, -0.25) is 14.7 Å². The summed E-state index contributed by atoms with van der Waals surface area (Å²) in [5.41, 5.74) is 7.90. The normalized spacial score (nSPS) is 16.3. The lowest BCUT2D eigenvalue weighted by Crippen LogP contribution is -2.29. The molecule has 0 bridgehead atoms. The zero-order valence-electron chi connectivity index (χ0n) is 32.3. The number of nitrogens with zero attached hydrogens (tertiary/aromatic N) is 4. The summed E-state index contributed by atoms with van der Waals surface area (Å²) in [5.74, 6) is -0.249. The number of thioether (sulfide) groups is 1. The highest BCUT2D eigenvalue weighted by Gasteiger charge is 2.44. The second-order valence-corrected chi connectivity index (χ2v) is 18.4. The second-order valence-electron chi connectivity index (χ2n) is 14.6. The van der Waals surface area contributed by atoms with E-state index in [1.807, 2.05) is 97.1 Å². The molecule has 6 nitrogen and oxygen atoms in total. The van der Waals surface area contributed by atoms with Crippen molar-refractivity contribution in [3.8, 4) is 11.3 Å². The lowest BCUT2D eigenvalue weighted by Gasteiger charge is -2.27. The SMILES string of the molecule is O=C1C(c2sc(N(Cc3ccccc3)Cc3ccccc3)nc2-c2ccc(Br)cc2)=C(O)/C1=C1/SC(N(Cc2ccccc2)Cc2ccccc2)N=C1c1ccc(Br)cc1. The van der Waals surface area contributed by atoms with Crippen LogP contribution in [0.2, 0.25) is 0 Å². The minimum atomic E-state index is -0.353. The van der Waals surface area contributed by atoms with Crippen LogP contribution in [0.25, 0.3) is 16.8 Å². The fourth-order valence-electron chi connectivity index (χ4n) is 7.39. The summed E-state index contributed by atoms with van der Waals surface area (Å²) < 4.78 is 1.88. The van der Waals surface area contributed by atoms with E-state index in [0.717, 1.165) is 47.5 Å². The predicted molar refractivity (Wildman–Crippen MR) is 254 cm³/mol. The molecular weight excluding hydrogens is 913 g/mol. The Morgan fingerprint density at radius 1 is 0.567 bits per heavy atom. The zero-order valence-corrected chi connectivity index (χ0v) is 37.1. The molecule has 1 aromatic heterocycles. The number of Topliss-reactive ketones (excluding diaryl/α,β-unsaturated/α-hetero) is 1. The average Bonchev–Trinajstić information content (AvgIpc) is 3.91. The number of ketones is 1. The molecule has 60 heavy (non-hydrogen) atoms. The molecule has 1 atom stereocenters. The topological polar surface area (TPSA) is 69.0 Å². The van der Waals surface area contributed by atoms with Crippen molar-refractivity contribution < 1.29 is 9.90 Å². The molecule has 1 aliphatic heterocycles. The number of aromatic nitrogens is 1. The van der Waals surface area contributed by atoms with E-state index in [-0.39, 0.29) is 22.6 Å². The third-order valence-corrected chi connectivity index (χ3v) is 13.8. The van der Waals surface area contributed by atoms with Gasteiger partial charge in [-0.25, -0.2) is 4.98 Å². The van der Waals surface area contributed by atoms with Gasteiger partial charge in [-0.1, -0.05) is 201 Å². The Hall–Kier alpha value is -5.36. The highest BCUT2D eigenvalue weighted by atomic mass is 79.9. The van der Waals surface area contributed by atoms with Crippen molar-refractivity contribution in [1.82, 2.24) is 9.88 Å². The van der Waals surface area contributed by atoms with Crippen LogP contribution in [0.1, 0.15) is 32.7 Å². The maximum Gasteiger partial charge on any atom is 0.203 e. The molecule has 1 unspecified atom stereocenters. The number of carbonyl (C=O) groups excluding carboxylic acids is 1. The van der Waals surface area contributed by atoms with E-state index in [1.54, 1.807) is 0 Å². The van der Waals surface area contributed by atoms with Crippen LogP contribution < -0.4 is 4.90 Å². The Morgan fingerprint density at radius 2 is 1.02 bits per heavy atom. The number of aliphatic hydroxyl groups is 1. The Labute approximate surface area is 374 Å². The molecule has 1 N–H and O–H groups in total. The highest BCUT2D eigenvalue weighted by Crippen LogP contribution is 2.50. The maximum atomic E-state index is 14.8. The molecule has 0 saturated heterocycles. The van der Waals surface area contributed by atoms with Gasteiger partial charge in [0.2, 0.25) is 5.78 Å². The molecule has 0 amide bonds. The Kier molecular flexibility index (Phi) is 12.1. The molecule has 1 aliphatic carbocycles. The monoisotopic (exact) mass is 948 g/mol. The van der Waals surface area contributed by atoms with Crippen molar-refractivity contribution in [3.63, 3.8) is 0 Å². The van der Waals surface area contributed by atoms with Crippen LogP contribution >= 0.6 is 55.0 Å². The van der Waals surface area contributed by atoms with Crippen LogP contribution in [0.5, 0.6) is 0 Å². The van der Waals surface area contributed by atoms with Crippen molar-refractivity contribution in [2.75, 3.05) is 4.90 Å². The van der Waals surface area contributed by atoms with Crippen molar-refractivity contribution in [1.29, 1.82) is 0 Å². The smallest absolute Gasteiger partial charge is 0.203 e. The van der Waals surface area contributed by atoms with Gasteiger partial charge in [-0.15, -0.1) is 0 Å². The first-order chi connectivity index (χ1) is 29.4. The van der Waals surface area contributed by atoms with Gasteiger partial charge >= 0.3 is 0 Å². The number of allylic oxidation sites excluding steroid dienone is 3. The van der Waals surface area contributed by atoms with Gasteiger partial charge in [0.15, 0.2) is 10.6 Å². The van der Waals surface area contributed by atoms with Gasteiger partial charge in [-0.05, 0) is 46.5 Å². The minimum absolute atomic E-state index is 0.0307. The summed E-state index contributed by atoms with van der Waals surface area (Å²) in [6, 6.07) is 57.3. The van der Waals surface area contributed by atoms with Crippen LogP contribution in [0.3, 0.4) is 0 Å². The number of rotatable bonds is 13. The predicted octanol–water partition coefficient (Wildman–Crippen LogP) is 12.9. The first-order valence-electron chi connectivity index (χ1n) is 19.5. The van der Waals surface area contributed by atoms with Crippen LogP contribution in [0.4, 0.5) is 5.13 Å². The maximum absolute atomic E-state index is 14.8. The number of aliphatic imine (C=N–C) groups is 1. The minimum Gasteiger partial charge on any atom is -0.506 e. The molecule has 0 spiro atoms. The van der Waals surface area contributed by atoms with E-state index >= 15 is 0 Å². The highest BCUT2D eigenvalue weighted by molar-refractivity contribution is 9.10. The molecule has 0 saturated carbocycles. The number of halogens is 2. The van der Waals surface area contributed by atoms with E-state index < -0.39 is 0 Å². The van der Waals surface area contributed by atoms with Crippen molar-refractivity contribution in [3.05, 3.63) is 228 Å². The van der Waals surface area contributed by atoms with E-state index in [4.69, 9.17) is 9.98 Å². The van der Waals surface area contributed by atoms with Crippen molar-refractivity contribution in [2.45, 2.75) is 31.7 Å². The first kappa shape index (κ1) is 40.1. The lowest BCUT2D eigenvalue weighted by atomic mass is 9.84. The molecular formula is C50H38Br2N4O2S2. The van der Waals surface area contributed by atoms with Gasteiger partial charge in [0, 0.05) is 46.3 Å². The number of thiazole rings is 1. The third-order valence-electron chi connectivity index (χ3n) is 10.4. The van der Waals surface area contributed by atoms with E-state index in [2.05, 4.69) is 114 Å². The summed E-state index contributed by atoms with van der Waals surface area (Å²) in [6.45, 7) is 2.53. The number of benzene rings is 6. The van der Waals surface area contributed by atoms with Crippen LogP contribution in [-0.2, 0) is 31.0 Å². The van der Waals surface area contributed by atoms with E-state index in [1.165, 1.54) is 23.1 Å². The molecule has 0 fully saturated rings. The number of carbonyl (C=O) groups is 1. The van der Waals surface area contributed by atoms with Gasteiger partial charge < -0.3 is 10.0 Å². The van der Waals surface area contributed by atoms with Crippen molar-refractivity contribution in [2.24, 2.45) is 4.99 Å². The van der Waals surface area contributed by atoms with Crippen LogP contribution in [0.15, 0.2) is 200 Å².